The zero-order valence-corrected chi connectivity index (χ0v) is 13.9. The summed E-state index contributed by atoms with van der Waals surface area (Å²) in [6, 6.07) is 0. The van der Waals surface area contributed by atoms with E-state index in [1.807, 2.05) is 0 Å². The molecule has 0 heterocycles. The number of rotatable bonds is 7. The van der Waals surface area contributed by atoms with Crippen molar-refractivity contribution in [2.45, 2.75) is 70.2 Å². The van der Waals surface area contributed by atoms with Gasteiger partial charge in [0.15, 0.2) is 0 Å². The standard InChI is InChI=1S/C13H23F4I/c1-6-10(5,7-2)12(14,15)11(8-3,9-4)13(16,17)18/h6-9H2,1-5H3. The van der Waals surface area contributed by atoms with Gasteiger partial charge in [0, 0.05) is 5.41 Å². The first-order chi connectivity index (χ1) is 7.99. The van der Waals surface area contributed by atoms with Crippen LogP contribution in [-0.2, 0) is 0 Å². The first kappa shape index (κ1) is 18.4. The van der Waals surface area contributed by atoms with Gasteiger partial charge in [0.05, 0.1) is 0 Å². The Hall–Kier alpha value is 0.450. The Labute approximate surface area is 121 Å². The predicted octanol–water partition coefficient (Wildman–Crippen LogP) is 6.28. The molecule has 0 aromatic carbocycles. The molecule has 0 rings (SSSR count). The van der Waals surface area contributed by atoms with Crippen LogP contribution in [0.5, 0.6) is 0 Å². The fourth-order valence-electron chi connectivity index (χ4n) is 2.54. The highest BCUT2D eigenvalue weighted by Gasteiger charge is 2.69. The van der Waals surface area contributed by atoms with Gasteiger partial charge in [0.25, 0.3) is 5.92 Å². The van der Waals surface area contributed by atoms with Crippen LogP contribution in [0.2, 0.25) is 0 Å². The van der Waals surface area contributed by atoms with Gasteiger partial charge in [-0.25, -0.2) is 8.78 Å². The molecule has 0 aliphatic rings. The highest BCUT2D eigenvalue weighted by Crippen LogP contribution is 2.63. The van der Waals surface area contributed by atoms with E-state index in [-0.39, 0.29) is 25.7 Å². The second-order valence-electron chi connectivity index (χ2n) is 5.13. The fourth-order valence-corrected chi connectivity index (χ4v) is 3.65. The maximum atomic E-state index is 14.8. The van der Waals surface area contributed by atoms with Crippen LogP contribution in [0.25, 0.3) is 0 Å². The third-order valence-electron chi connectivity index (χ3n) is 4.67. The molecule has 0 nitrogen and oxygen atoms in total. The van der Waals surface area contributed by atoms with Gasteiger partial charge in [0.1, 0.15) is 5.41 Å². The molecule has 0 fully saturated rings. The Morgan fingerprint density at radius 2 is 1.11 bits per heavy atom. The second kappa shape index (κ2) is 5.83. The van der Waals surface area contributed by atoms with Crippen molar-refractivity contribution in [3.63, 3.8) is 0 Å². The van der Waals surface area contributed by atoms with Crippen molar-refractivity contribution in [2.75, 3.05) is 0 Å². The van der Waals surface area contributed by atoms with Crippen LogP contribution in [0.4, 0.5) is 17.6 Å². The summed E-state index contributed by atoms with van der Waals surface area (Å²) in [7, 11) is 0. The van der Waals surface area contributed by atoms with E-state index in [1.165, 1.54) is 20.8 Å². The molecule has 0 atom stereocenters. The van der Waals surface area contributed by atoms with Crippen LogP contribution in [0.15, 0.2) is 0 Å². The van der Waals surface area contributed by atoms with Crippen LogP contribution in [0.1, 0.15) is 60.3 Å². The number of halogens is 5. The van der Waals surface area contributed by atoms with Gasteiger partial charge in [-0.2, -0.15) is 8.78 Å². The van der Waals surface area contributed by atoms with Gasteiger partial charge in [-0.05, 0) is 48.3 Å². The van der Waals surface area contributed by atoms with Gasteiger partial charge >= 0.3 is 3.93 Å². The largest absolute Gasteiger partial charge is 0.307 e. The highest BCUT2D eigenvalue weighted by atomic mass is 127. The summed E-state index contributed by atoms with van der Waals surface area (Å²) in [4.78, 5) is 0. The summed E-state index contributed by atoms with van der Waals surface area (Å²) >= 11 is 0.876. The van der Waals surface area contributed by atoms with Gasteiger partial charge in [-0.1, -0.05) is 34.6 Å². The van der Waals surface area contributed by atoms with Crippen molar-refractivity contribution >= 4 is 22.6 Å². The van der Waals surface area contributed by atoms with Crippen molar-refractivity contribution < 1.29 is 17.6 Å². The fraction of sp³-hybridized carbons (Fsp3) is 1.00. The Balaban J connectivity index is 5.91. The van der Waals surface area contributed by atoms with Crippen LogP contribution in [0.3, 0.4) is 0 Å². The first-order valence-electron chi connectivity index (χ1n) is 6.44. The van der Waals surface area contributed by atoms with E-state index in [2.05, 4.69) is 0 Å². The molecule has 0 aliphatic carbocycles. The Morgan fingerprint density at radius 3 is 1.28 bits per heavy atom. The summed E-state index contributed by atoms with van der Waals surface area (Å²) in [6.07, 6.45) is -0.0972. The van der Waals surface area contributed by atoms with Gasteiger partial charge < -0.3 is 0 Å². The van der Waals surface area contributed by atoms with E-state index in [0.29, 0.717) is 0 Å². The van der Waals surface area contributed by atoms with Crippen molar-refractivity contribution in [1.82, 2.24) is 0 Å². The van der Waals surface area contributed by atoms with Gasteiger partial charge in [0.2, 0.25) is 0 Å². The van der Waals surface area contributed by atoms with Crippen LogP contribution in [0, 0.1) is 10.8 Å². The average molecular weight is 382 g/mol. The zero-order valence-electron chi connectivity index (χ0n) is 11.7. The predicted molar refractivity (Wildman–Crippen MR) is 75.6 cm³/mol. The molecular weight excluding hydrogens is 359 g/mol. The Kier molecular flexibility index (Phi) is 5.98. The lowest BCUT2D eigenvalue weighted by Crippen LogP contribution is -2.58. The van der Waals surface area contributed by atoms with E-state index in [0.717, 1.165) is 22.6 Å². The van der Waals surface area contributed by atoms with E-state index in [1.54, 1.807) is 13.8 Å². The maximum absolute atomic E-state index is 14.8. The molecule has 0 amide bonds. The third kappa shape index (κ3) is 2.52. The molecule has 0 aliphatic heterocycles. The molecule has 0 saturated carbocycles. The molecule has 0 unspecified atom stereocenters. The van der Waals surface area contributed by atoms with Gasteiger partial charge in [-0.3, -0.25) is 0 Å². The zero-order chi connectivity index (χ0) is 14.8. The molecule has 0 spiro atoms. The summed E-state index contributed by atoms with van der Waals surface area (Å²) in [6.45, 7) is 7.54. The summed E-state index contributed by atoms with van der Waals surface area (Å²) in [5, 5.41) is 0. The topological polar surface area (TPSA) is 0 Å². The highest BCUT2D eigenvalue weighted by molar-refractivity contribution is 14.1. The Morgan fingerprint density at radius 1 is 0.778 bits per heavy atom. The number of hydrogen-bond donors (Lipinski definition) is 0. The lowest BCUT2D eigenvalue weighted by atomic mass is 9.63. The lowest BCUT2D eigenvalue weighted by molar-refractivity contribution is -0.256. The molecule has 0 aromatic heterocycles. The average Bonchev–Trinajstić information content (AvgIpc) is 2.27. The molecular formula is C13H23F4I. The van der Waals surface area contributed by atoms with E-state index >= 15 is 0 Å². The van der Waals surface area contributed by atoms with Crippen molar-refractivity contribution in [1.29, 1.82) is 0 Å². The normalized spacial score (nSPS) is 15.0. The molecule has 110 valence electrons. The van der Waals surface area contributed by atoms with Gasteiger partial charge in [-0.15, -0.1) is 0 Å². The molecule has 0 radical (unpaired) electrons. The summed E-state index contributed by atoms with van der Waals surface area (Å²) in [5.74, 6) is -3.41. The number of hydrogen-bond acceptors (Lipinski definition) is 0. The van der Waals surface area contributed by atoms with Crippen molar-refractivity contribution in [3.8, 4) is 0 Å². The second-order valence-corrected chi connectivity index (χ2v) is 6.48. The minimum atomic E-state index is -3.43. The van der Waals surface area contributed by atoms with Crippen molar-refractivity contribution in [3.05, 3.63) is 0 Å². The smallest absolute Gasteiger partial charge is 0.205 e. The molecule has 0 saturated heterocycles. The van der Waals surface area contributed by atoms with E-state index < -0.39 is 20.7 Å². The lowest BCUT2D eigenvalue weighted by Gasteiger charge is -2.50. The summed E-state index contributed by atoms with van der Waals surface area (Å²) < 4.78 is 53.9. The third-order valence-corrected chi connectivity index (χ3v) is 5.70. The minimum Gasteiger partial charge on any atom is -0.205 e. The molecule has 0 aromatic rings. The van der Waals surface area contributed by atoms with E-state index in [4.69, 9.17) is 0 Å². The quantitative estimate of drug-likeness (QED) is 0.276. The molecule has 0 bridgehead atoms. The maximum Gasteiger partial charge on any atom is 0.307 e. The van der Waals surface area contributed by atoms with Crippen LogP contribution >= 0.6 is 22.6 Å². The summed E-state index contributed by atoms with van der Waals surface area (Å²) in [5.41, 5.74) is -3.67. The van der Waals surface area contributed by atoms with Crippen LogP contribution < -0.4 is 0 Å². The van der Waals surface area contributed by atoms with Crippen molar-refractivity contribution in [2.24, 2.45) is 10.8 Å². The number of alkyl halides is 5. The monoisotopic (exact) mass is 382 g/mol. The molecule has 18 heavy (non-hydrogen) atoms. The Bertz CT molecular complexity index is 263. The van der Waals surface area contributed by atoms with E-state index in [9.17, 15) is 17.6 Å². The first-order valence-corrected chi connectivity index (χ1v) is 7.52. The minimum absolute atomic E-state index is 0.185. The molecule has 0 N–H and O–H groups in total. The SMILES string of the molecule is CCC(C)(CC)C(F)(F)C(CC)(CC)C(F)(F)I. The van der Waals surface area contributed by atoms with Crippen LogP contribution in [-0.4, -0.2) is 9.85 Å². The molecule has 5 heteroatoms.